The SMILES string of the molecule is Cc1ccc2[nH]nc(C(=O)N3CCN(c4cccc(Cl)c4)CC3)c2c1. The van der Waals surface area contributed by atoms with Gasteiger partial charge in [-0.25, -0.2) is 0 Å². The largest absolute Gasteiger partial charge is 0.368 e. The summed E-state index contributed by atoms with van der Waals surface area (Å²) in [6.07, 6.45) is 0. The third-order valence-corrected chi connectivity index (χ3v) is 4.90. The summed E-state index contributed by atoms with van der Waals surface area (Å²) in [5.41, 5.74) is 3.62. The summed E-state index contributed by atoms with van der Waals surface area (Å²) in [6, 6.07) is 13.8. The van der Waals surface area contributed by atoms with Crippen molar-refractivity contribution >= 4 is 34.1 Å². The molecule has 0 aliphatic carbocycles. The zero-order chi connectivity index (χ0) is 17.4. The average molecular weight is 355 g/mol. The molecule has 0 atom stereocenters. The number of rotatable bonds is 2. The Kier molecular flexibility index (Phi) is 4.09. The van der Waals surface area contributed by atoms with E-state index in [-0.39, 0.29) is 5.91 Å². The standard InChI is InChI=1S/C19H19ClN4O/c1-13-5-6-17-16(11-13)18(22-21-17)19(25)24-9-7-23(8-10-24)15-4-2-3-14(20)12-15/h2-6,11-12H,7-10H2,1H3,(H,21,22). The molecule has 1 N–H and O–H groups in total. The van der Waals surface area contributed by atoms with Crippen LogP contribution in [0.1, 0.15) is 16.1 Å². The van der Waals surface area contributed by atoms with Crippen molar-refractivity contribution in [2.45, 2.75) is 6.92 Å². The summed E-state index contributed by atoms with van der Waals surface area (Å²) < 4.78 is 0. The number of hydrogen-bond acceptors (Lipinski definition) is 3. The van der Waals surface area contributed by atoms with Crippen molar-refractivity contribution in [3.63, 3.8) is 0 Å². The molecule has 1 amide bonds. The van der Waals surface area contributed by atoms with Crippen LogP contribution in [-0.4, -0.2) is 47.2 Å². The number of amides is 1. The van der Waals surface area contributed by atoms with E-state index < -0.39 is 0 Å². The van der Waals surface area contributed by atoms with Gasteiger partial charge >= 0.3 is 0 Å². The van der Waals surface area contributed by atoms with Crippen molar-refractivity contribution in [2.24, 2.45) is 0 Å². The van der Waals surface area contributed by atoms with E-state index in [1.165, 1.54) is 0 Å². The van der Waals surface area contributed by atoms with E-state index in [2.05, 4.69) is 15.1 Å². The minimum Gasteiger partial charge on any atom is -0.368 e. The molecule has 2 aromatic carbocycles. The highest BCUT2D eigenvalue weighted by Crippen LogP contribution is 2.23. The monoisotopic (exact) mass is 354 g/mol. The lowest BCUT2D eigenvalue weighted by molar-refractivity contribution is 0.0742. The molecule has 1 saturated heterocycles. The maximum Gasteiger partial charge on any atom is 0.275 e. The van der Waals surface area contributed by atoms with E-state index in [9.17, 15) is 4.79 Å². The Hall–Kier alpha value is -2.53. The average Bonchev–Trinajstić information content (AvgIpc) is 3.04. The van der Waals surface area contributed by atoms with E-state index >= 15 is 0 Å². The molecule has 1 fully saturated rings. The lowest BCUT2D eigenvalue weighted by atomic mass is 10.1. The second-order valence-corrected chi connectivity index (χ2v) is 6.82. The molecule has 0 bridgehead atoms. The zero-order valence-corrected chi connectivity index (χ0v) is 14.8. The summed E-state index contributed by atoms with van der Waals surface area (Å²) in [6.45, 7) is 4.93. The van der Waals surface area contributed by atoms with Crippen molar-refractivity contribution < 1.29 is 4.79 Å². The van der Waals surface area contributed by atoms with Gasteiger partial charge in [-0.3, -0.25) is 9.89 Å². The molecule has 3 aromatic rings. The Morgan fingerprint density at radius 3 is 2.68 bits per heavy atom. The van der Waals surface area contributed by atoms with Crippen LogP contribution in [0, 0.1) is 6.92 Å². The second-order valence-electron chi connectivity index (χ2n) is 6.38. The molecule has 4 rings (SSSR count). The van der Waals surface area contributed by atoms with Crippen LogP contribution < -0.4 is 4.90 Å². The Labute approximate surface area is 151 Å². The van der Waals surface area contributed by atoms with Crippen LogP contribution >= 0.6 is 11.6 Å². The van der Waals surface area contributed by atoms with E-state index in [0.29, 0.717) is 18.8 Å². The van der Waals surface area contributed by atoms with Gasteiger partial charge in [0.1, 0.15) is 0 Å². The van der Waals surface area contributed by atoms with Crippen LogP contribution in [0.4, 0.5) is 5.69 Å². The first-order valence-electron chi connectivity index (χ1n) is 8.36. The van der Waals surface area contributed by atoms with E-state index in [1.54, 1.807) is 0 Å². The molecule has 0 unspecified atom stereocenters. The Morgan fingerprint density at radius 2 is 1.92 bits per heavy atom. The van der Waals surface area contributed by atoms with E-state index in [0.717, 1.165) is 40.3 Å². The van der Waals surface area contributed by atoms with Crippen LogP contribution in [0.25, 0.3) is 10.9 Å². The number of nitrogens with zero attached hydrogens (tertiary/aromatic N) is 3. The molecule has 0 saturated carbocycles. The fourth-order valence-corrected chi connectivity index (χ4v) is 3.47. The maximum absolute atomic E-state index is 12.9. The van der Waals surface area contributed by atoms with Crippen molar-refractivity contribution in [3.8, 4) is 0 Å². The van der Waals surface area contributed by atoms with Crippen molar-refractivity contribution in [2.75, 3.05) is 31.1 Å². The topological polar surface area (TPSA) is 52.2 Å². The highest BCUT2D eigenvalue weighted by molar-refractivity contribution is 6.30. The maximum atomic E-state index is 12.9. The number of carbonyl (C=O) groups excluding carboxylic acids is 1. The van der Waals surface area contributed by atoms with Gasteiger partial charge in [0.05, 0.1) is 5.52 Å². The number of fused-ring (bicyclic) bond motifs is 1. The number of nitrogens with one attached hydrogen (secondary N) is 1. The minimum absolute atomic E-state index is 0.0115. The number of aryl methyl sites for hydroxylation is 1. The predicted octanol–water partition coefficient (Wildman–Crippen LogP) is 3.49. The van der Waals surface area contributed by atoms with Gasteiger partial charge in [-0.2, -0.15) is 5.10 Å². The Balaban J connectivity index is 1.50. The predicted molar refractivity (Wildman–Crippen MR) is 100 cm³/mol. The first-order chi connectivity index (χ1) is 12.1. The fourth-order valence-electron chi connectivity index (χ4n) is 3.28. The molecule has 128 valence electrons. The molecule has 0 spiro atoms. The van der Waals surface area contributed by atoms with Crippen LogP contribution in [0.5, 0.6) is 0 Å². The number of benzene rings is 2. The first-order valence-corrected chi connectivity index (χ1v) is 8.74. The Bertz CT molecular complexity index is 928. The number of H-pyrrole nitrogens is 1. The Morgan fingerprint density at radius 1 is 1.12 bits per heavy atom. The van der Waals surface area contributed by atoms with Crippen molar-refractivity contribution in [3.05, 3.63) is 58.7 Å². The van der Waals surface area contributed by atoms with Crippen LogP contribution in [0.2, 0.25) is 5.02 Å². The lowest BCUT2D eigenvalue weighted by Gasteiger charge is -2.36. The van der Waals surface area contributed by atoms with Gasteiger partial charge in [0, 0.05) is 42.3 Å². The molecule has 1 aliphatic rings. The van der Waals surface area contributed by atoms with Crippen LogP contribution in [0.15, 0.2) is 42.5 Å². The van der Waals surface area contributed by atoms with Gasteiger partial charge < -0.3 is 9.80 Å². The van der Waals surface area contributed by atoms with Gasteiger partial charge in [0.25, 0.3) is 5.91 Å². The smallest absolute Gasteiger partial charge is 0.275 e. The summed E-state index contributed by atoms with van der Waals surface area (Å²) >= 11 is 6.08. The van der Waals surface area contributed by atoms with Gasteiger partial charge in [-0.1, -0.05) is 29.3 Å². The molecule has 1 aromatic heterocycles. The highest BCUT2D eigenvalue weighted by atomic mass is 35.5. The number of hydrogen-bond donors (Lipinski definition) is 1. The summed E-state index contributed by atoms with van der Waals surface area (Å²) in [5, 5.41) is 8.83. The summed E-state index contributed by atoms with van der Waals surface area (Å²) in [4.78, 5) is 17.0. The number of carbonyl (C=O) groups is 1. The summed E-state index contributed by atoms with van der Waals surface area (Å²) in [5.74, 6) is -0.0115. The van der Waals surface area contributed by atoms with Gasteiger partial charge in [-0.15, -0.1) is 0 Å². The van der Waals surface area contributed by atoms with Crippen LogP contribution in [0.3, 0.4) is 0 Å². The molecule has 1 aliphatic heterocycles. The first kappa shape index (κ1) is 16.0. The number of aromatic amines is 1. The number of halogens is 1. The lowest BCUT2D eigenvalue weighted by Crippen LogP contribution is -2.48. The number of anilines is 1. The quantitative estimate of drug-likeness (QED) is 0.766. The molecule has 2 heterocycles. The normalized spacial score (nSPS) is 15.0. The van der Waals surface area contributed by atoms with Crippen molar-refractivity contribution in [1.29, 1.82) is 0 Å². The molecule has 5 nitrogen and oxygen atoms in total. The number of aromatic nitrogens is 2. The highest BCUT2D eigenvalue weighted by Gasteiger charge is 2.25. The summed E-state index contributed by atoms with van der Waals surface area (Å²) in [7, 11) is 0. The molecule has 6 heteroatoms. The van der Waals surface area contributed by atoms with E-state index in [4.69, 9.17) is 11.6 Å². The third kappa shape index (κ3) is 3.07. The van der Waals surface area contributed by atoms with Gasteiger partial charge in [-0.05, 0) is 37.3 Å². The second kappa shape index (κ2) is 6.41. The molecule has 25 heavy (non-hydrogen) atoms. The van der Waals surface area contributed by atoms with Crippen molar-refractivity contribution in [1.82, 2.24) is 15.1 Å². The minimum atomic E-state index is -0.0115. The molecular formula is C19H19ClN4O. The van der Waals surface area contributed by atoms with Gasteiger partial charge in [0.2, 0.25) is 0 Å². The molecule has 0 radical (unpaired) electrons. The fraction of sp³-hybridized carbons (Fsp3) is 0.263. The number of piperazine rings is 1. The molecular weight excluding hydrogens is 336 g/mol. The van der Waals surface area contributed by atoms with E-state index in [1.807, 2.05) is 54.3 Å². The zero-order valence-electron chi connectivity index (χ0n) is 14.0. The third-order valence-electron chi connectivity index (χ3n) is 4.66. The van der Waals surface area contributed by atoms with Crippen LogP contribution in [-0.2, 0) is 0 Å². The van der Waals surface area contributed by atoms with Gasteiger partial charge in [0.15, 0.2) is 5.69 Å².